The molecule has 0 aromatic carbocycles. The van der Waals surface area contributed by atoms with Gasteiger partial charge in [0.05, 0.1) is 0 Å². The fraction of sp³-hybridized carbons (Fsp3) is 1.00. The van der Waals surface area contributed by atoms with Gasteiger partial charge in [0, 0.05) is 5.88 Å². The Kier molecular flexibility index (Phi) is 1.68. The van der Waals surface area contributed by atoms with Gasteiger partial charge in [0.15, 0.2) is 0 Å². The third-order valence-electron chi connectivity index (χ3n) is 3.59. The maximum Gasteiger partial charge on any atom is 0.111 e. The Bertz CT molecular complexity index is 142. The minimum atomic E-state index is -0.798. The Morgan fingerprint density at radius 2 is 1.45 bits per heavy atom. The molecule has 0 saturated heterocycles. The van der Waals surface area contributed by atoms with Gasteiger partial charge >= 0.3 is 0 Å². The summed E-state index contributed by atoms with van der Waals surface area (Å²) in [4.78, 5) is 0. The number of hydrogen-bond donors (Lipinski definition) is 0. The highest BCUT2D eigenvalue weighted by molar-refractivity contribution is 6.18. The second kappa shape index (κ2) is 2.35. The lowest BCUT2D eigenvalue weighted by molar-refractivity contribution is -0.0230. The van der Waals surface area contributed by atoms with E-state index in [4.69, 9.17) is 11.6 Å². The first-order chi connectivity index (χ1) is 5.18. The van der Waals surface area contributed by atoms with Crippen molar-refractivity contribution in [1.82, 2.24) is 0 Å². The molecule has 0 heterocycles. The minimum absolute atomic E-state index is 0.329. The molecule has 11 heavy (non-hydrogen) atoms. The zero-order valence-corrected chi connectivity index (χ0v) is 7.46. The van der Waals surface area contributed by atoms with Gasteiger partial charge < -0.3 is 0 Å². The topological polar surface area (TPSA) is 0 Å². The molecule has 0 amide bonds. The van der Waals surface area contributed by atoms with Crippen LogP contribution in [0.1, 0.15) is 38.5 Å². The van der Waals surface area contributed by atoms with E-state index in [1.54, 1.807) is 0 Å². The van der Waals surface area contributed by atoms with E-state index < -0.39 is 5.67 Å². The Morgan fingerprint density at radius 1 is 1.00 bits per heavy atom. The van der Waals surface area contributed by atoms with E-state index >= 15 is 0 Å². The molecule has 64 valence electrons. The van der Waals surface area contributed by atoms with E-state index in [1.165, 1.54) is 0 Å². The van der Waals surface area contributed by atoms with Crippen LogP contribution in [0.5, 0.6) is 0 Å². The third kappa shape index (κ3) is 1.18. The molecule has 0 spiro atoms. The van der Waals surface area contributed by atoms with Gasteiger partial charge in [-0.3, -0.25) is 0 Å². The molecule has 3 aliphatic rings. The standard InChI is InChI=1S/C9H14ClF/c10-7-8-1-4-9(11,5-2-8)6-3-8/h1-7H2. The molecule has 2 heteroatoms. The molecule has 2 bridgehead atoms. The zero-order chi connectivity index (χ0) is 7.95. The lowest BCUT2D eigenvalue weighted by atomic mass is 9.60. The molecule has 0 atom stereocenters. The van der Waals surface area contributed by atoms with Gasteiger partial charge in [-0.1, -0.05) is 0 Å². The summed E-state index contributed by atoms with van der Waals surface area (Å²) >= 11 is 5.88. The van der Waals surface area contributed by atoms with E-state index in [0.717, 1.165) is 44.4 Å². The molecular formula is C9H14ClF. The Morgan fingerprint density at radius 3 is 1.82 bits per heavy atom. The zero-order valence-electron chi connectivity index (χ0n) is 6.71. The number of hydrogen-bond acceptors (Lipinski definition) is 0. The van der Waals surface area contributed by atoms with Gasteiger partial charge in [-0.25, -0.2) is 4.39 Å². The molecule has 0 N–H and O–H groups in total. The summed E-state index contributed by atoms with van der Waals surface area (Å²) in [5.74, 6) is 0.739. The molecule has 0 aliphatic heterocycles. The highest BCUT2D eigenvalue weighted by Gasteiger charge is 2.48. The average molecular weight is 177 g/mol. The molecule has 0 nitrogen and oxygen atoms in total. The summed E-state index contributed by atoms with van der Waals surface area (Å²) in [6.45, 7) is 0. The van der Waals surface area contributed by atoms with Crippen LogP contribution in [-0.4, -0.2) is 11.5 Å². The van der Waals surface area contributed by atoms with Gasteiger partial charge in [-0.15, -0.1) is 11.6 Å². The molecule has 3 saturated carbocycles. The lowest BCUT2D eigenvalue weighted by Gasteiger charge is -2.48. The first-order valence-electron chi connectivity index (χ1n) is 4.43. The molecular weight excluding hydrogens is 163 g/mol. The Labute approximate surface area is 72.1 Å². The quantitative estimate of drug-likeness (QED) is 0.538. The number of halogens is 2. The smallest absolute Gasteiger partial charge is 0.111 e. The second-order valence-corrected chi connectivity index (χ2v) is 4.55. The minimum Gasteiger partial charge on any atom is -0.244 e. The van der Waals surface area contributed by atoms with Crippen molar-refractivity contribution in [3.63, 3.8) is 0 Å². The molecule has 0 aromatic heterocycles. The van der Waals surface area contributed by atoms with Crippen molar-refractivity contribution in [3.05, 3.63) is 0 Å². The van der Waals surface area contributed by atoms with Crippen LogP contribution in [-0.2, 0) is 0 Å². The third-order valence-corrected chi connectivity index (χ3v) is 4.16. The predicted octanol–water partition coefficient (Wildman–Crippen LogP) is 3.29. The first kappa shape index (κ1) is 7.85. The first-order valence-corrected chi connectivity index (χ1v) is 4.97. The van der Waals surface area contributed by atoms with Crippen molar-refractivity contribution >= 4 is 11.6 Å². The van der Waals surface area contributed by atoms with Gasteiger partial charge in [0.1, 0.15) is 5.67 Å². The molecule has 0 radical (unpaired) electrons. The van der Waals surface area contributed by atoms with Gasteiger partial charge in [-0.2, -0.15) is 0 Å². The van der Waals surface area contributed by atoms with Crippen molar-refractivity contribution in [3.8, 4) is 0 Å². The fourth-order valence-corrected chi connectivity index (χ4v) is 2.82. The van der Waals surface area contributed by atoms with Crippen LogP contribution in [0.2, 0.25) is 0 Å². The van der Waals surface area contributed by atoms with Crippen molar-refractivity contribution in [2.45, 2.75) is 44.2 Å². The lowest BCUT2D eigenvalue weighted by Crippen LogP contribution is -2.44. The van der Waals surface area contributed by atoms with Crippen molar-refractivity contribution in [1.29, 1.82) is 0 Å². The summed E-state index contributed by atoms with van der Waals surface area (Å²) in [6, 6.07) is 0. The summed E-state index contributed by atoms with van der Waals surface area (Å²) < 4.78 is 13.6. The van der Waals surface area contributed by atoms with E-state index in [1.807, 2.05) is 0 Å². The van der Waals surface area contributed by atoms with Gasteiger partial charge in [-0.05, 0) is 43.9 Å². The molecule has 3 fully saturated rings. The largest absolute Gasteiger partial charge is 0.244 e. The van der Waals surface area contributed by atoms with E-state index in [-0.39, 0.29) is 0 Å². The van der Waals surface area contributed by atoms with Crippen molar-refractivity contribution in [2.75, 3.05) is 5.88 Å². The summed E-state index contributed by atoms with van der Waals surface area (Å²) in [6.07, 6.45) is 5.35. The molecule has 3 rings (SSSR count). The van der Waals surface area contributed by atoms with E-state index in [0.29, 0.717) is 5.41 Å². The second-order valence-electron chi connectivity index (χ2n) is 4.28. The molecule has 3 aliphatic carbocycles. The van der Waals surface area contributed by atoms with Crippen LogP contribution < -0.4 is 0 Å². The van der Waals surface area contributed by atoms with Crippen LogP contribution >= 0.6 is 11.6 Å². The summed E-state index contributed by atoms with van der Waals surface area (Å²) in [7, 11) is 0. The fourth-order valence-electron chi connectivity index (χ4n) is 2.42. The maximum atomic E-state index is 13.6. The van der Waals surface area contributed by atoms with E-state index in [9.17, 15) is 4.39 Å². The molecule has 0 aromatic rings. The van der Waals surface area contributed by atoms with Crippen molar-refractivity contribution in [2.24, 2.45) is 5.41 Å². The summed E-state index contributed by atoms with van der Waals surface area (Å²) in [5.41, 5.74) is -0.469. The van der Waals surface area contributed by atoms with Crippen molar-refractivity contribution < 1.29 is 4.39 Å². The van der Waals surface area contributed by atoms with E-state index in [2.05, 4.69) is 0 Å². The number of rotatable bonds is 1. The normalized spacial score (nSPS) is 49.6. The average Bonchev–Trinajstić information content (AvgIpc) is 2.07. The van der Waals surface area contributed by atoms with Crippen LogP contribution in [0.25, 0.3) is 0 Å². The predicted molar refractivity (Wildman–Crippen MR) is 44.7 cm³/mol. The Balaban J connectivity index is 2.12. The summed E-state index contributed by atoms with van der Waals surface area (Å²) in [5, 5.41) is 0. The number of alkyl halides is 2. The SMILES string of the molecule is FC12CCC(CCl)(CC1)CC2. The van der Waals surface area contributed by atoms with Crippen LogP contribution in [0.4, 0.5) is 4.39 Å². The van der Waals surface area contributed by atoms with Crippen LogP contribution in [0.3, 0.4) is 0 Å². The van der Waals surface area contributed by atoms with Gasteiger partial charge in [0.2, 0.25) is 0 Å². The highest BCUT2D eigenvalue weighted by atomic mass is 35.5. The highest BCUT2D eigenvalue weighted by Crippen LogP contribution is 2.54. The van der Waals surface area contributed by atoms with Gasteiger partial charge in [0.25, 0.3) is 0 Å². The number of fused-ring (bicyclic) bond motifs is 3. The molecule has 0 unspecified atom stereocenters. The Hall–Kier alpha value is 0.220. The monoisotopic (exact) mass is 176 g/mol. The van der Waals surface area contributed by atoms with Crippen LogP contribution in [0.15, 0.2) is 0 Å². The van der Waals surface area contributed by atoms with Crippen LogP contribution in [0, 0.1) is 5.41 Å². The maximum absolute atomic E-state index is 13.6.